The van der Waals surface area contributed by atoms with Gasteiger partial charge < -0.3 is 47.5 Å². The Morgan fingerprint density at radius 3 is 2.00 bits per heavy atom. The maximum Gasteiger partial charge on any atom is 0.360 e. The van der Waals surface area contributed by atoms with Gasteiger partial charge in [-0.05, 0) is 19.9 Å². The standard InChI is InChI=1S/C47H58N2O14/c1-8-14-36(50)46(3,4)38-19-12-18-34-35(60-34)23-22-29(56-7)26-41-49-31(28-58-41)45(55)63-39(47(5,6)37(15-9-2)61-43(53)25-24-42(51)52)20-13-17-33-32(59-33)16-10-11-21-40-48-30(27-57-40)44(54)62-38/h8-18,21-23,27-29,32-39,50H,19-20,24-26H2,1-7H3,(H,51,52)/b14-8+,15-9+,16-10+,17-13-,18-12-,21-11-,23-22+/t29-,32-,33+,34?,35?,36-,37-,38+,39+/m0/s1. The molecule has 2 unspecified atom stereocenters. The van der Waals surface area contributed by atoms with Gasteiger partial charge in [-0.15, -0.1) is 0 Å². The molecule has 5 heterocycles. The van der Waals surface area contributed by atoms with E-state index in [1.54, 1.807) is 70.2 Å². The number of carboxylic acid groups (broad SMARTS) is 1. The number of carbonyl (C=O) groups is 4. The maximum atomic E-state index is 13.7. The van der Waals surface area contributed by atoms with E-state index in [0.717, 1.165) is 0 Å². The Morgan fingerprint density at radius 2 is 1.38 bits per heavy atom. The molecule has 0 aromatic carbocycles. The largest absolute Gasteiger partial charge is 0.481 e. The molecule has 0 radical (unpaired) electrons. The minimum absolute atomic E-state index is 0.0238. The molecular formula is C47H58N2O14. The number of esters is 3. The van der Waals surface area contributed by atoms with Crippen LogP contribution in [0.15, 0.2) is 100 Å². The van der Waals surface area contributed by atoms with Crippen LogP contribution in [0.1, 0.15) is 100.0 Å². The van der Waals surface area contributed by atoms with E-state index in [2.05, 4.69) is 9.97 Å². The predicted molar refractivity (Wildman–Crippen MR) is 228 cm³/mol. The number of aliphatic carboxylic acids is 1. The van der Waals surface area contributed by atoms with Crippen LogP contribution < -0.4 is 0 Å². The summed E-state index contributed by atoms with van der Waals surface area (Å²) in [5.74, 6) is -2.89. The van der Waals surface area contributed by atoms with Crippen molar-refractivity contribution in [3.05, 3.63) is 115 Å². The molecule has 2 fully saturated rings. The number of oxazole rings is 2. The molecule has 9 atom stereocenters. The van der Waals surface area contributed by atoms with Crippen LogP contribution in [-0.4, -0.2) is 106 Å². The number of hydrogen-bond donors (Lipinski definition) is 2. The fourth-order valence-electron chi connectivity index (χ4n) is 6.68. The number of hydrogen-bond acceptors (Lipinski definition) is 15. The van der Waals surface area contributed by atoms with E-state index >= 15 is 0 Å². The average molecular weight is 875 g/mol. The summed E-state index contributed by atoms with van der Waals surface area (Å²) in [7, 11) is 1.53. The van der Waals surface area contributed by atoms with Gasteiger partial charge in [0.05, 0.1) is 31.5 Å². The summed E-state index contributed by atoms with van der Waals surface area (Å²) >= 11 is 0. The Morgan fingerprint density at radius 1 is 0.794 bits per heavy atom. The van der Waals surface area contributed by atoms with Crippen LogP contribution in [0.2, 0.25) is 0 Å². The number of nitrogens with zero attached hydrogens (tertiary/aromatic N) is 2. The summed E-state index contributed by atoms with van der Waals surface area (Å²) in [6.07, 6.45) is 22.2. The summed E-state index contributed by atoms with van der Waals surface area (Å²) in [6.45, 7) is 10.8. The molecule has 0 amide bonds. The highest BCUT2D eigenvalue weighted by atomic mass is 16.6. The highest BCUT2D eigenvalue weighted by molar-refractivity contribution is 5.87. The molecule has 340 valence electrons. The van der Waals surface area contributed by atoms with E-state index in [0.29, 0.717) is 0 Å². The monoisotopic (exact) mass is 874 g/mol. The number of aliphatic hydroxyl groups excluding tert-OH is 1. The van der Waals surface area contributed by atoms with Gasteiger partial charge >= 0.3 is 23.9 Å². The molecule has 2 aromatic heterocycles. The Labute approximate surface area is 367 Å². The molecular weight excluding hydrogens is 817 g/mol. The van der Waals surface area contributed by atoms with Gasteiger partial charge in [0.1, 0.15) is 55.3 Å². The Hall–Kier alpha value is -5.68. The van der Waals surface area contributed by atoms with E-state index in [4.69, 9.17) is 42.4 Å². The van der Waals surface area contributed by atoms with Crippen molar-refractivity contribution >= 4 is 30.0 Å². The fraction of sp³-hybridized carbons (Fsp3) is 0.489. The predicted octanol–water partition coefficient (Wildman–Crippen LogP) is 6.88. The van der Waals surface area contributed by atoms with E-state index in [9.17, 15) is 24.3 Å². The summed E-state index contributed by atoms with van der Waals surface area (Å²) in [4.78, 5) is 59.5. The van der Waals surface area contributed by atoms with Gasteiger partial charge in [-0.2, -0.15) is 0 Å². The van der Waals surface area contributed by atoms with Crippen molar-refractivity contribution in [3.63, 3.8) is 0 Å². The molecule has 16 nitrogen and oxygen atoms in total. The molecule has 3 aliphatic heterocycles. The molecule has 63 heavy (non-hydrogen) atoms. The van der Waals surface area contributed by atoms with E-state index in [-0.39, 0.29) is 73.3 Å². The van der Waals surface area contributed by atoms with Crippen LogP contribution in [-0.2, 0) is 44.4 Å². The number of allylic oxidation sites excluding steroid dienone is 4. The second-order valence-electron chi connectivity index (χ2n) is 16.5. The van der Waals surface area contributed by atoms with Crippen molar-refractivity contribution in [3.8, 4) is 0 Å². The van der Waals surface area contributed by atoms with Crippen molar-refractivity contribution in [2.45, 2.75) is 129 Å². The number of fused-ring (bicyclic) bond motifs is 6. The Balaban J connectivity index is 1.38. The van der Waals surface area contributed by atoms with Crippen molar-refractivity contribution in [1.82, 2.24) is 9.97 Å². The number of epoxide rings is 2. The third-order valence-electron chi connectivity index (χ3n) is 11.0. The lowest BCUT2D eigenvalue weighted by Crippen LogP contribution is -2.44. The first-order valence-corrected chi connectivity index (χ1v) is 20.9. The van der Waals surface area contributed by atoms with Gasteiger partial charge in [0, 0.05) is 36.9 Å². The molecule has 0 aliphatic carbocycles. The van der Waals surface area contributed by atoms with Crippen molar-refractivity contribution in [2.24, 2.45) is 10.8 Å². The van der Waals surface area contributed by atoms with Crippen molar-refractivity contribution < 1.29 is 66.6 Å². The number of carbonyl (C=O) groups excluding carboxylic acids is 3. The number of ether oxygens (including phenoxy) is 6. The highest BCUT2D eigenvalue weighted by Crippen LogP contribution is 2.36. The third-order valence-corrected chi connectivity index (χ3v) is 11.0. The van der Waals surface area contributed by atoms with E-state index in [1.165, 1.54) is 19.6 Å². The molecule has 4 bridgehead atoms. The lowest BCUT2D eigenvalue weighted by Gasteiger charge is -2.38. The van der Waals surface area contributed by atoms with Crippen molar-refractivity contribution in [1.29, 1.82) is 0 Å². The number of methoxy groups -OCH3 is 1. The van der Waals surface area contributed by atoms with Crippen LogP contribution in [0.25, 0.3) is 6.08 Å². The van der Waals surface area contributed by atoms with Crippen LogP contribution >= 0.6 is 0 Å². The molecule has 3 aliphatic rings. The summed E-state index contributed by atoms with van der Waals surface area (Å²) in [5, 5.41) is 20.0. The number of cyclic esters (lactones) is 2. The lowest BCUT2D eigenvalue weighted by atomic mass is 9.78. The average Bonchev–Trinajstić information content (AvgIpc) is 4.04. The van der Waals surface area contributed by atoms with E-state index in [1.807, 2.05) is 56.4 Å². The molecule has 0 spiro atoms. The van der Waals surface area contributed by atoms with Gasteiger partial charge in [-0.1, -0.05) is 101 Å². The summed E-state index contributed by atoms with van der Waals surface area (Å²) in [5.41, 5.74) is -1.98. The summed E-state index contributed by atoms with van der Waals surface area (Å²) in [6, 6.07) is 0. The van der Waals surface area contributed by atoms with Crippen LogP contribution in [0.5, 0.6) is 0 Å². The number of aliphatic hydroxyl groups is 1. The first-order valence-electron chi connectivity index (χ1n) is 20.9. The topological polar surface area (TPSA) is 223 Å². The van der Waals surface area contributed by atoms with Gasteiger partial charge in [0.15, 0.2) is 17.3 Å². The second-order valence-corrected chi connectivity index (χ2v) is 16.5. The molecule has 16 heteroatoms. The summed E-state index contributed by atoms with van der Waals surface area (Å²) < 4.78 is 46.2. The highest BCUT2D eigenvalue weighted by Gasteiger charge is 2.42. The maximum absolute atomic E-state index is 13.7. The molecule has 2 saturated heterocycles. The van der Waals surface area contributed by atoms with Crippen LogP contribution in [0.4, 0.5) is 0 Å². The van der Waals surface area contributed by atoms with Gasteiger partial charge in [-0.25, -0.2) is 19.6 Å². The van der Waals surface area contributed by atoms with E-state index < -0.39 is 71.6 Å². The quantitative estimate of drug-likeness (QED) is 0.102. The fourth-order valence-corrected chi connectivity index (χ4v) is 6.68. The number of rotatable bonds is 11. The Kier molecular flexibility index (Phi) is 17.0. The first-order chi connectivity index (χ1) is 30.0. The zero-order valence-corrected chi connectivity index (χ0v) is 36.7. The molecule has 2 N–H and O–H groups in total. The minimum atomic E-state index is -1.13. The zero-order valence-electron chi connectivity index (χ0n) is 36.7. The molecule has 5 rings (SSSR count). The van der Waals surface area contributed by atoms with Gasteiger partial charge in [-0.3, -0.25) is 9.59 Å². The molecule has 0 saturated carbocycles. The first kappa shape index (κ1) is 48.4. The SMILES string of the molecule is C/C=C/[C@H](OC(=O)CCC(=O)O)C(C)(C)[C@H]1C/C=C\[C@H]2O[C@H]2/C=C/C=C\c2nc(co2)C(=O)O[C@@H](C(C)(C)[C@@H](O)/C=C/C)C/C=C\C2OC2/C=C/[C@H](OC)Cc2nc(co2)C(=O)O1. The third kappa shape index (κ3) is 13.9. The number of carboxylic acids is 1. The minimum Gasteiger partial charge on any atom is -0.481 e. The molecule has 2 aromatic rings. The smallest absolute Gasteiger partial charge is 0.360 e. The normalized spacial score (nSPS) is 28.6. The second kappa shape index (κ2) is 22.1. The van der Waals surface area contributed by atoms with Crippen LogP contribution in [0.3, 0.4) is 0 Å². The van der Waals surface area contributed by atoms with Gasteiger partial charge in [0.25, 0.3) is 0 Å². The van der Waals surface area contributed by atoms with Gasteiger partial charge in [0.2, 0.25) is 5.89 Å². The Bertz CT molecular complexity index is 2100. The van der Waals surface area contributed by atoms with Crippen molar-refractivity contribution in [2.75, 3.05) is 7.11 Å². The lowest BCUT2D eigenvalue weighted by molar-refractivity contribution is -0.158. The zero-order chi connectivity index (χ0) is 45.7. The van der Waals surface area contributed by atoms with Crippen LogP contribution in [0, 0.1) is 10.8 Å². The number of aromatic nitrogens is 2.